The molecule has 0 spiro atoms. The molecule has 0 aromatic rings. The molecule has 0 saturated heterocycles. The largest absolute Gasteiger partial charge is 0.396 e. The van der Waals surface area contributed by atoms with E-state index in [4.69, 9.17) is 5.11 Å². The number of aliphatic hydroxyl groups is 1. The van der Waals surface area contributed by atoms with Crippen LogP contribution in [0, 0.1) is 11.8 Å². The van der Waals surface area contributed by atoms with Gasteiger partial charge in [0.2, 0.25) is 0 Å². The number of allylic oxidation sites excluding steroid dienone is 2. The Morgan fingerprint density at radius 1 is 1.12 bits per heavy atom. The monoisotopic (exact) mass is 226 g/mol. The van der Waals surface area contributed by atoms with E-state index in [0.717, 1.165) is 12.3 Å². The zero-order valence-corrected chi connectivity index (χ0v) is 11.6. The van der Waals surface area contributed by atoms with Gasteiger partial charge in [-0.25, -0.2) is 0 Å². The van der Waals surface area contributed by atoms with E-state index in [1.54, 1.807) is 0 Å². The first kappa shape index (κ1) is 15.7. The predicted octanol–water partition coefficient (Wildman–Crippen LogP) is 4.56. The van der Waals surface area contributed by atoms with Crippen LogP contribution < -0.4 is 0 Å². The van der Waals surface area contributed by atoms with Gasteiger partial charge in [-0.15, -0.1) is 0 Å². The maximum Gasteiger partial charge on any atom is 0.0433 e. The van der Waals surface area contributed by atoms with E-state index in [9.17, 15) is 0 Å². The average Bonchev–Trinajstić information content (AvgIpc) is 2.17. The lowest BCUT2D eigenvalue weighted by Crippen LogP contribution is -1.97. The van der Waals surface area contributed by atoms with Crippen LogP contribution in [0.5, 0.6) is 0 Å². The van der Waals surface area contributed by atoms with Gasteiger partial charge in [0.05, 0.1) is 0 Å². The molecule has 0 bridgehead atoms. The first-order valence-corrected chi connectivity index (χ1v) is 6.82. The molecule has 1 nitrogen and oxygen atoms in total. The van der Waals surface area contributed by atoms with E-state index in [1.807, 2.05) is 0 Å². The van der Waals surface area contributed by atoms with Crippen LogP contribution in [0.25, 0.3) is 0 Å². The van der Waals surface area contributed by atoms with Crippen LogP contribution in [-0.2, 0) is 0 Å². The lowest BCUT2D eigenvalue weighted by Gasteiger charge is -2.08. The summed E-state index contributed by atoms with van der Waals surface area (Å²) in [6.07, 6.45) is 9.63. The van der Waals surface area contributed by atoms with Crippen LogP contribution in [0.3, 0.4) is 0 Å². The third-order valence-electron chi connectivity index (χ3n) is 3.13. The van der Waals surface area contributed by atoms with Gasteiger partial charge >= 0.3 is 0 Å². The molecule has 0 aromatic carbocycles. The zero-order valence-electron chi connectivity index (χ0n) is 11.6. The number of aliphatic hydroxyl groups excluding tert-OH is 1. The van der Waals surface area contributed by atoms with Crippen molar-refractivity contribution in [1.29, 1.82) is 0 Å². The molecule has 1 unspecified atom stereocenters. The van der Waals surface area contributed by atoms with Crippen molar-refractivity contribution < 1.29 is 5.11 Å². The standard InChI is InChI=1S/C15H30O/c1-13(2)7-5-8-14(3)9-6-10-15(4)11-12-16/h9,13,15-16H,5-8,10-12H2,1-4H3/b14-9-. The summed E-state index contributed by atoms with van der Waals surface area (Å²) < 4.78 is 0. The molecule has 0 aromatic heterocycles. The fourth-order valence-electron chi connectivity index (χ4n) is 1.87. The van der Waals surface area contributed by atoms with Crippen molar-refractivity contribution in [3.8, 4) is 0 Å². The van der Waals surface area contributed by atoms with Gasteiger partial charge in [0, 0.05) is 6.61 Å². The molecule has 0 aliphatic heterocycles. The zero-order chi connectivity index (χ0) is 12.4. The molecule has 0 saturated carbocycles. The third kappa shape index (κ3) is 10.2. The second-order valence-corrected chi connectivity index (χ2v) is 5.53. The van der Waals surface area contributed by atoms with E-state index in [0.29, 0.717) is 12.5 Å². The average molecular weight is 226 g/mol. The van der Waals surface area contributed by atoms with Crippen LogP contribution in [-0.4, -0.2) is 11.7 Å². The van der Waals surface area contributed by atoms with Gasteiger partial charge in [-0.05, 0) is 50.9 Å². The molecule has 96 valence electrons. The smallest absolute Gasteiger partial charge is 0.0433 e. The molecular weight excluding hydrogens is 196 g/mol. The van der Waals surface area contributed by atoms with Gasteiger partial charge in [0.1, 0.15) is 0 Å². The van der Waals surface area contributed by atoms with Gasteiger partial charge in [-0.1, -0.05) is 38.8 Å². The summed E-state index contributed by atoms with van der Waals surface area (Å²) in [6, 6.07) is 0. The van der Waals surface area contributed by atoms with Gasteiger partial charge in [-0.2, -0.15) is 0 Å². The van der Waals surface area contributed by atoms with Gasteiger partial charge < -0.3 is 5.11 Å². The maximum absolute atomic E-state index is 8.80. The highest BCUT2D eigenvalue weighted by Gasteiger charge is 2.00. The molecule has 1 heteroatoms. The Bertz CT molecular complexity index is 182. The van der Waals surface area contributed by atoms with Crippen molar-refractivity contribution in [2.45, 2.75) is 66.2 Å². The number of hydrogen-bond acceptors (Lipinski definition) is 1. The molecule has 1 N–H and O–H groups in total. The number of rotatable bonds is 9. The predicted molar refractivity (Wildman–Crippen MR) is 72.5 cm³/mol. The normalized spacial score (nSPS) is 14.5. The summed E-state index contributed by atoms with van der Waals surface area (Å²) in [6.45, 7) is 9.37. The Kier molecular flexibility index (Phi) is 9.71. The molecule has 0 aliphatic carbocycles. The van der Waals surface area contributed by atoms with Crippen LogP contribution in [0.1, 0.15) is 66.2 Å². The van der Waals surface area contributed by atoms with Crippen molar-refractivity contribution in [3.63, 3.8) is 0 Å². The second kappa shape index (κ2) is 9.89. The van der Waals surface area contributed by atoms with E-state index in [1.165, 1.54) is 37.7 Å². The van der Waals surface area contributed by atoms with E-state index in [-0.39, 0.29) is 0 Å². The van der Waals surface area contributed by atoms with Gasteiger partial charge in [0.25, 0.3) is 0 Å². The second-order valence-electron chi connectivity index (χ2n) is 5.53. The highest BCUT2D eigenvalue weighted by Crippen LogP contribution is 2.15. The molecule has 1 atom stereocenters. The Balaban J connectivity index is 3.54. The summed E-state index contributed by atoms with van der Waals surface area (Å²) in [5.74, 6) is 1.49. The van der Waals surface area contributed by atoms with E-state index >= 15 is 0 Å². The van der Waals surface area contributed by atoms with Crippen LogP contribution in [0.15, 0.2) is 11.6 Å². The van der Waals surface area contributed by atoms with Crippen molar-refractivity contribution in [3.05, 3.63) is 11.6 Å². The quantitative estimate of drug-likeness (QED) is 0.571. The lowest BCUT2D eigenvalue weighted by molar-refractivity contribution is 0.259. The van der Waals surface area contributed by atoms with Crippen molar-refractivity contribution in [2.75, 3.05) is 6.61 Å². The fourth-order valence-corrected chi connectivity index (χ4v) is 1.87. The molecule has 0 aliphatic rings. The maximum atomic E-state index is 8.80. The van der Waals surface area contributed by atoms with E-state index in [2.05, 4.69) is 33.8 Å². The third-order valence-corrected chi connectivity index (χ3v) is 3.13. The Morgan fingerprint density at radius 2 is 1.81 bits per heavy atom. The molecule has 16 heavy (non-hydrogen) atoms. The molecule has 0 heterocycles. The molecule has 0 amide bonds. The summed E-state index contributed by atoms with van der Waals surface area (Å²) in [4.78, 5) is 0. The Labute approximate surface area is 102 Å². The van der Waals surface area contributed by atoms with Crippen molar-refractivity contribution >= 4 is 0 Å². The first-order valence-electron chi connectivity index (χ1n) is 6.82. The Hall–Kier alpha value is -0.300. The number of hydrogen-bond donors (Lipinski definition) is 1. The summed E-state index contributed by atoms with van der Waals surface area (Å²) in [7, 11) is 0. The minimum atomic E-state index is 0.332. The van der Waals surface area contributed by atoms with Crippen LogP contribution in [0.4, 0.5) is 0 Å². The molecule has 0 rings (SSSR count). The van der Waals surface area contributed by atoms with Crippen molar-refractivity contribution in [2.24, 2.45) is 11.8 Å². The highest BCUT2D eigenvalue weighted by atomic mass is 16.3. The van der Waals surface area contributed by atoms with Gasteiger partial charge in [-0.3, -0.25) is 0 Å². The summed E-state index contributed by atoms with van der Waals surface area (Å²) in [5.41, 5.74) is 1.54. The fraction of sp³-hybridized carbons (Fsp3) is 0.867. The first-order chi connectivity index (χ1) is 7.56. The minimum absolute atomic E-state index is 0.332. The van der Waals surface area contributed by atoms with Crippen molar-refractivity contribution in [1.82, 2.24) is 0 Å². The lowest BCUT2D eigenvalue weighted by atomic mass is 9.99. The van der Waals surface area contributed by atoms with E-state index < -0.39 is 0 Å². The summed E-state index contributed by atoms with van der Waals surface area (Å²) >= 11 is 0. The summed E-state index contributed by atoms with van der Waals surface area (Å²) in [5, 5.41) is 8.80. The molecule has 0 fully saturated rings. The Morgan fingerprint density at radius 3 is 2.38 bits per heavy atom. The topological polar surface area (TPSA) is 20.2 Å². The van der Waals surface area contributed by atoms with Crippen LogP contribution in [0.2, 0.25) is 0 Å². The molecule has 0 radical (unpaired) electrons. The minimum Gasteiger partial charge on any atom is -0.396 e. The molecular formula is C15H30O. The SMILES string of the molecule is C/C(=C/CCC(C)CCO)CCCC(C)C. The van der Waals surface area contributed by atoms with Crippen LogP contribution >= 0.6 is 0 Å². The highest BCUT2D eigenvalue weighted by molar-refractivity contribution is 4.97. The van der Waals surface area contributed by atoms with Gasteiger partial charge in [0.15, 0.2) is 0 Å².